The Labute approximate surface area is 204 Å². The summed E-state index contributed by atoms with van der Waals surface area (Å²) in [6, 6.07) is 15.2. The molecule has 7 nitrogen and oxygen atoms in total. The fourth-order valence-corrected chi connectivity index (χ4v) is 6.13. The van der Waals surface area contributed by atoms with Crippen molar-refractivity contribution in [2.24, 2.45) is 4.36 Å². The summed E-state index contributed by atoms with van der Waals surface area (Å²) in [5.41, 5.74) is -0.276. The van der Waals surface area contributed by atoms with Gasteiger partial charge in [0.2, 0.25) is 0 Å². The van der Waals surface area contributed by atoms with Crippen molar-refractivity contribution in [3.63, 3.8) is 0 Å². The lowest BCUT2D eigenvalue weighted by molar-refractivity contribution is 0.100. The number of halogens is 1. The van der Waals surface area contributed by atoms with Crippen molar-refractivity contribution in [3.8, 4) is 5.75 Å². The number of aryl methyl sites for hydroxylation is 1. The van der Waals surface area contributed by atoms with Crippen LogP contribution in [0.4, 0.5) is 10.1 Å². The molecular formula is C25H25FN2O5S2. The highest BCUT2D eigenvalue weighted by atomic mass is 32.2. The van der Waals surface area contributed by atoms with Gasteiger partial charge in [0.25, 0.3) is 15.9 Å². The highest BCUT2D eigenvalue weighted by molar-refractivity contribution is 7.93. The van der Waals surface area contributed by atoms with E-state index in [0.29, 0.717) is 4.90 Å². The molecule has 0 radical (unpaired) electrons. The number of rotatable bonds is 5. The maximum atomic E-state index is 15.0. The molecule has 0 saturated carbocycles. The summed E-state index contributed by atoms with van der Waals surface area (Å²) in [5, 5.41) is 0. The third-order valence-corrected chi connectivity index (χ3v) is 8.76. The lowest BCUT2D eigenvalue weighted by Crippen LogP contribution is -2.23. The monoisotopic (exact) mass is 516 g/mol. The third kappa shape index (κ3) is 4.81. The first-order valence-corrected chi connectivity index (χ1v) is 14.1. The molecule has 1 unspecified atom stereocenters. The minimum absolute atomic E-state index is 0.0570. The molecule has 10 heteroatoms. The predicted molar refractivity (Wildman–Crippen MR) is 132 cm³/mol. The van der Waals surface area contributed by atoms with E-state index < -0.39 is 36.9 Å². The number of nitrogens with zero attached hydrogens (tertiary/aromatic N) is 1. The first kappa shape index (κ1) is 24.9. The molecule has 4 rings (SSSR count). The second-order valence-corrected chi connectivity index (χ2v) is 13.0. The molecule has 0 saturated heterocycles. The van der Waals surface area contributed by atoms with Crippen molar-refractivity contribution in [1.82, 2.24) is 0 Å². The minimum Gasteiger partial charge on any atom is -0.489 e. The fourth-order valence-electron chi connectivity index (χ4n) is 3.90. The Kier molecular flexibility index (Phi) is 6.23. The molecule has 1 heterocycles. The Hall–Kier alpha value is -3.24. The number of amides is 1. The normalized spacial score (nSPS) is 16.0. The Morgan fingerprint density at radius 3 is 2.29 bits per heavy atom. The van der Waals surface area contributed by atoms with Crippen LogP contribution < -0.4 is 9.46 Å². The molecule has 0 bridgehead atoms. The van der Waals surface area contributed by atoms with E-state index in [4.69, 9.17) is 4.74 Å². The van der Waals surface area contributed by atoms with Gasteiger partial charge in [-0.05, 0) is 31.2 Å². The highest BCUT2D eigenvalue weighted by Gasteiger charge is 2.40. The van der Waals surface area contributed by atoms with Crippen LogP contribution >= 0.6 is 0 Å². The molecule has 0 spiro atoms. The van der Waals surface area contributed by atoms with Gasteiger partial charge in [-0.1, -0.05) is 49.7 Å². The average Bonchev–Trinajstić information content (AvgIpc) is 3.10. The van der Waals surface area contributed by atoms with Crippen molar-refractivity contribution in [2.75, 3.05) is 17.6 Å². The van der Waals surface area contributed by atoms with E-state index in [-0.39, 0.29) is 34.1 Å². The highest BCUT2D eigenvalue weighted by Crippen LogP contribution is 2.46. The summed E-state index contributed by atoms with van der Waals surface area (Å²) in [6.45, 7) is 5.38. The van der Waals surface area contributed by atoms with Gasteiger partial charge in [-0.15, -0.1) is 0 Å². The molecule has 0 aromatic heterocycles. The van der Waals surface area contributed by atoms with Crippen LogP contribution in [0.25, 0.3) is 0 Å². The largest absolute Gasteiger partial charge is 0.489 e. The number of benzene rings is 3. The molecule has 3 aromatic carbocycles. The Morgan fingerprint density at radius 2 is 1.66 bits per heavy atom. The van der Waals surface area contributed by atoms with Crippen molar-refractivity contribution in [3.05, 3.63) is 83.2 Å². The van der Waals surface area contributed by atoms with Gasteiger partial charge in [-0.3, -0.25) is 9.52 Å². The van der Waals surface area contributed by atoms with Crippen LogP contribution in [-0.4, -0.2) is 31.4 Å². The standard InChI is InChI=1S/C25H25FN2O5S2/c1-16-10-12-18(13-11-16)35(31,32)27-20-14-19(26)23-22(25(2,3)15-33-23)21(20)24(29)28-34(4,30)17-8-6-5-7-9-17/h5-14,27H,15H2,1-4H3. The van der Waals surface area contributed by atoms with Crippen LogP contribution in [0.5, 0.6) is 5.75 Å². The van der Waals surface area contributed by atoms with E-state index in [1.165, 1.54) is 18.4 Å². The maximum absolute atomic E-state index is 15.0. The Balaban J connectivity index is 1.91. The van der Waals surface area contributed by atoms with E-state index in [9.17, 15) is 17.4 Å². The van der Waals surface area contributed by atoms with E-state index in [2.05, 4.69) is 9.08 Å². The van der Waals surface area contributed by atoms with Gasteiger partial charge in [-0.25, -0.2) is 17.0 Å². The fraction of sp³-hybridized carbons (Fsp3) is 0.240. The minimum atomic E-state index is -4.18. The average molecular weight is 517 g/mol. The molecule has 1 aliphatic rings. The quantitative estimate of drug-likeness (QED) is 0.520. The number of fused-ring (bicyclic) bond motifs is 1. The number of sulfonamides is 1. The molecule has 0 aliphatic carbocycles. The zero-order valence-corrected chi connectivity index (χ0v) is 21.3. The molecule has 1 atom stereocenters. The molecule has 3 aromatic rings. The number of ether oxygens (including phenoxy) is 1. The summed E-state index contributed by atoms with van der Waals surface area (Å²) in [6.07, 6.45) is 1.32. The number of carbonyl (C=O) groups excluding carboxylic acids is 1. The molecule has 1 aliphatic heterocycles. The van der Waals surface area contributed by atoms with Crippen LogP contribution in [0.1, 0.15) is 35.3 Å². The number of hydrogen-bond acceptors (Lipinski definition) is 5. The molecule has 0 fully saturated rings. The topological polar surface area (TPSA) is 102 Å². The van der Waals surface area contributed by atoms with Gasteiger partial charge in [0.1, 0.15) is 0 Å². The molecule has 35 heavy (non-hydrogen) atoms. The lowest BCUT2D eigenvalue weighted by Gasteiger charge is -2.21. The lowest BCUT2D eigenvalue weighted by atomic mass is 9.83. The van der Waals surface area contributed by atoms with Gasteiger partial charge < -0.3 is 4.74 Å². The van der Waals surface area contributed by atoms with E-state index >= 15 is 4.39 Å². The van der Waals surface area contributed by atoms with Gasteiger partial charge in [0.15, 0.2) is 11.6 Å². The van der Waals surface area contributed by atoms with Crippen LogP contribution in [0, 0.1) is 12.7 Å². The molecular weight excluding hydrogens is 491 g/mol. The van der Waals surface area contributed by atoms with E-state index in [1.54, 1.807) is 56.3 Å². The third-order valence-electron chi connectivity index (χ3n) is 5.72. The number of nitrogens with one attached hydrogen (secondary N) is 1. The first-order chi connectivity index (χ1) is 16.3. The zero-order valence-electron chi connectivity index (χ0n) is 19.7. The Morgan fingerprint density at radius 1 is 1.03 bits per heavy atom. The van der Waals surface area contributed by atoms with Crippen LogP contribution in [0.3, 0.4) is 0 Å². The van der Waals surface area contributed by atoms with Crippen molar-refractivity contribution in [1.29, 1.82) is 0 Å². The van der Waals surface area contributed by atoms with Gasteiger partial charge in [-0.2, -0.15) is 4.36 Å². The first-order valence-electron chi connectivity index (χ1n) is 10.7. The van der Waals surface area contributed by atoms with E-state index in [1.807, 2.05) is 6.92 Å². The summed E-state index contributed by atoms with van der Waals surface area (Å²) in [7, 11) is -7.35. The second kappa shape index (κ2) is 8.76. The van der Waals surface area contributed by atoms with Gasteiger partial charge in [0, 0.05) is 28.2 Å². The Bertz CT molecular complexity index is 1540. The summed E-state index contributed by atoms with van der Waals surface area (Å²) < 4.78 is 66.4. The van der Waals surface area contributed by atoms with Crippen molar-refractivity contribution < 1.29 is 26.5 Å². The zero-order chi connectivity index (χ0) is 25.6. The molecule has 184 valence electrons. The smallest absolute Gasteiger partial charge is 0.287 e. The van der Waals surface area contributed by atoms with Crippen molar-refractivity contribution >= 4 is 31.3 Å². The maximum Gasteiger partial charge on any atom is 0.287 e. The van der Waals surface area contributed by atoms with Gasteiger partial charge >= 0.3 is 0 Å². The molecule has 1 N–H and O–H groups in total. The number of anilines is 1. The van der Waals surface area contributed by atoms with Crippen molar-refractivity contribution in [2.45, 2.75) is 36.0 Å². The van der Waals surface area contributed by atoms with Crippen LogP contribution in [-0.2, 0) is 25.2 Å². The molecule has 1 amide bonds. The van der Waals surface area contributed by atoms with Crippen LogP contribution in [0.2, 0.25) is 0 Å². The summed E-state index contributed by atoms with van der Waals surface area (Å²) in [4.78, 5) is 13.8. The summed E-state index contributed by atoms with van der Waals surface area (Å²) >= 11 is 0. The number of carbonyl (C=O) groups is 1. The SMILES string of the molecule is Cc1ccc(S(=O)(=O)Nc2cc(F)c3c(c2C(=O)N=S(C)(=O)c2ccccc2)C(C)(C)CO3)cc1. The van der Waals surface area contributed by atoms with Crippen LogP contribution in [0.15, 0.2) is 74.8 Å². The summed E-state index contributed by atoms with van der Waals surface area (Å²) in [5.74, 6) is -1.89. The predicted octanol–water partition coefficient (Wildman–Crippen LogP) is 4.90. The van der Waals surface area contributed by atoms with E-state index in [0.717, 1.165) is 11.6 Å². The van der Waals surface area contributed by atoms with Gasteiger partial charge in [0.05, 0.1) is 32.5 Å². The number of hydrogen-bond donors (Lipinski definition) is 1. The second-order valence-electron chi connectivity index (χ2n) is 9.09.